The van der Waals surface area contributed by atoms with Gasteiger partial charge in [-0.3, -0.25) is 4.79 Å². The monoisotopic (exact) mass is 416 g/mol. The van der Waals surface area contributed by atoms with Crippen molar-refractivity contribution >= 4 is 21.6 Å². The fraction of sp³-hybridized carbons (Fsp3) is 0.278. The number of hydrogen-bond acceptors (Lipinski definition) is 3. The minimum absolute atomic E-state index is 0.237. The summed E-state index contributed by atoms with van der Waals surface area (Å²) < 4.78 is 80.9. The number of hydrogen-bond donors (Lipinski definition) is 2. The van der Waals surface area contributed by atoms with Gasteiger partial charge < -0.3 is 5.32 Å². The molecule has 0 aliphatic heterocycles. The van der Waals surface area contributed by atoms with Crippen molar-refractivity contribution in [2.24, 2.45) is 5.92 Å². The largest absolute Gasteiger partial charge is 0.322 e. The summed E-state index contributed by atoms with van der Waals surface area (Å²) in [5.41, 5.74) is -1.10. The average Bonchev–Trinajstić information content (AvgIpc) is 3.44. The molecule has 150 valence electrons. The average molecular weight is 416 g/mol. The molecule has 0 aromatic heterocycles. The molecule has 0 heterocycles. The first kappa shape index (κ1) is 20.3. The quantitative estimate of drug-likeness (QED) is 0.559. The lowest BCUT2D eigenvalue weighted by molar-refractivity contribution is 0.102. The van der Waals surface area contributed by atoms with Gasteiger partial charge in [-0.15, -0.1) is 0 Å². The van der Waals surface area contributed by atoms with Crippen molar-refractivity contribution in [3.05, 3.63) is 59.2 Å². The summed E-state index contributed by atoms with van der Waals surface area (Å²) in [5, 5.41) is 2.01. The van der Waals surface area contributed by atoms with Crippen LogP contribution in [-0.2, 0) is 10.0 Å². The second-order valence-electron chi connectivity index (χ2n) is 6.60. The predicted molar refractivity (Wildman–Crippen MR) is 93.2 cm³/mol. The molecule has 3 rings (SSSR count). The van der Waals surface area contributed by atoms with Crippen LogP contribution in [0.5, 0.6) is 0 Å². The molecule has 0 unspecified atom stereocenters. The van der Waals surface area contributed by atoms with E-state index >= 15 is 0 Å². The molecule has 0 radical (unpaired) electrons. The van der Waals surface area contributed by atoms with E-state index in [0.29, 0.717) is 12.1 Å². The van der Waals surface area contributed by atoms with Crippen molar-refractivity contribution in [3.63, 3.8) is 0 Å². The zero-order valence-corrected chi connectivity index (χ0v) is 15.4. The van der Waals surface area contributed by atoms with E-state index in [2.05, 4.69) is 4.72 Å². The van der Waals surface area contributed by atoms with E-state index in [1.807, 2.05) is 5.32 Å². The summed E-state index contributed by atoms with van der Waals surface area (Å²) in [5.74, 6) is -6.73. The van der Waals surface area contributed by atoms with Gasteiger partial charge in [0.25, 0.3) is 5.91 Å². The van der Waals surface area contributed by atoms with Crippen LogP contribution < -0.4 is 10.0 Å². The fourth-order valence-electron chi connectivity index (χ4n) is 2.68. The molecule has 1 aliphatic rings. The van der Waals surface area contributed by atoms with Crippen LogP contribution in [0.15, 0.2) is 35.2 Å². The lowest BCUT2D eigenvalue weighted by atomic mass is 10.2. The highest BCUT2D eigenvalue weighted by atomic mass is 32.2. The summed E-state index contributed by atoms with van der Waals surface area (Å²) in [6.07, 6.45) is 1.82. The van der Waals surface area contributed by atoms with Crippen LogP contribution in [0, 0.1) is 29.2 Å². The SMILES string of the molecule is C[C@@H](NS(=O)(=O)c1ccc(F)c(C(=O)Nc2cc(F)c(F)c(F)c2)c1)C1CC1. The minimum atomic E-state index is -4.00. The zero-order chi connectivity index (χ0) is 20.6. The van der Waals surface area contributed by atoms with E-state index in [9.17, 15) is 30.8 Å². The van der Waals surface area contributed by atoms with Crippen molar-refractivity contribution in [2.75, 3.05) is 5.32 Å². The number of amides is 1. The molecule has 10 heteroatoms. The predicted octanol–water partition coefficient (Wildman–Crippen LogP) is 3.57. The van der Waals surface area contributed by atoms with Gasteiger partial charge in [0.15, 0.2) is 17.5 Å². The molecule has 1 amide bonds. The maximum absolute atomic E-state index is 14.1. The van der Waals surface area contributed by atoms with E-state index in [1.54, 1.807) is 6.92 Å². The van der Waals surface area contributed by atoms with Gasteiger partial charge in [0.05, 0.1) is 10.5 Å². The lowest BCUT2D eigenvalue weighted by Crippen LogP contribution is -2.34. The number of halogens is 4. The summed E-state index contributed by atoms with van der Waals surface area (Å²) in [7, 11) is -4.00. The van der Waals surface area contributed by atoms with Crippen LogP contribution in [0.4, 0.5) is 23.2 Å². The highest BCUT2D eigenvalue weighted by Crippen LogP contribution is 2.33. The number of rotatable bonds is 6. The van der Waals surface area contributed by atoms with Crippen LogP contribution in [0.3, 0.4) is 0 Å². The molecule has 1 fully saturated rings. The van der Waals surface area contributed by atoms with Gasteiger partial charge >= 0.3 is 0 Å². The molecule has 5 nitrogen and oxygen atoms in total. The Kier molecular flexibility index (Phi) is 5.44. The van der Waals surface area contributed by atoms with E-state index in [4.69, 9.17) is 0 Å². The topological polar surface area (TPSA) is 75.3 Å². The number of benzene rings is 2. The normalized spacial score (nSPS) is 15.3. The fourth-order valence-corrected chi connectivity index (χ4v) is 4.02. The third-order valence-electron chi connectivity index (χ3n) is 4.40. The van der Waals surface area contributed by atoms with Crippen molar-refractivity contribution in [2.45, 2.75) is 30.7 Å². The molecular weight excluding hydrogens is 400 g/mol. The van der Waals surface area contributed by atoms with Crippen molar-refractivity contribution in [3.8, 4) is 0 Å². The van der Waals surface area contributed by atoms with Crippen LogP contribution in [0.25, 0.3) is 0 Å². The van der Waals surface area contributed by atoms with Crippen molar-refractivity contribution in [1.82, 2.24) is 4.72 Å². The molecule has 28 heavy (non-hydrogen) atoms. The van der Waals surface area contributed by atoms with Gasteiger partial charge in [-0.05, 0) is 43.9 Å². The van der Waals surface area contributed by atoms with Crippen LogP contribution in [-0.4, -0.2) is 20.4 Å². The zero-order valence-electron chi connectivity index (χ0n) is 14.6. The van der Waals surface area contributed by atoms with Gasteiger partial charge in [-0.25, -0.2) is 30.7 Å². The Balaban J connectivity index is 1.85. The third-order valence-corrected chi connectivity index (χ3v) is 5.96. The van der Waals surface area contributed by atoms with Gasteiger partial charge in [-0.2, -0.15) is 0 Å². The maximum atomic E-state index is 14.1. The Bertz CT molecular complexity index is 1020. The molecular formula is C18H16F4N2O3S. The summed E-state index contributed by atoms with van der Waals surface area (Å²) in [4.78, 5) is 11.9. The molecule has 1 saturated carbocycles. The van der Waals surface area contributed by atoms with Gasteiger partial charge in [0, 0.05) is 23.9 Å². The molecule has 1 atom stereocenters. The Morgan fingerprint density at radius 1 is 1.04 bits per heavy atom. The first-order chi connectivity index (χ1) is 13.1. The number of anilines is 1. The molecule has 2 aromatic carbocycles. The van der Waals surface area contributed by atoms with E-state index < -0.39 is 50.5 Å². The van der Waals surface area contributed by atoms with E-state index in [-0.39, 0.29) is 16.9 Å². The summed E-state index contributed by atoms with van der Waals surface area (Å²) in [6, 6.07) is 3.37. The standard InChI is InChI=1S/C18H16F4N2O3S/c1-9(10-2-3-10)24-28(26,27)12-4-5-14(19)13(8-12)18(25)23-11-6-15(20)17(22)16(21)7-11/h4-10,24H,2-3H2,1H3,(H,23,25)/t9-/m1/s1. The molecule has 0 saturated heterocycles. The summed E-state index contributed by atoms with van der Waals surface area (Å²) in [6.45, 7) is 1.71. The second kappa shape index (κ2) is 7.51. The number of carbonyl (C=O) groups is 1. The molecule has 2 aromatic rings. The van der Waals surface area contributed by atoms with Gasteiger partial charge in [0.2, 0.25) is 10.0 Å². The molecule has 2 N–H and O–H groups in total. The van der Waals surface area contributed by atoms with Crippen LogP contribution in [0.1, 0.15) is 30.1 Å². The maximum Gasteiger partial charge on any atom is 0.258 e. The Hall–Kier alpha value is -2.46. The Labute approximate surface area is 158 Å². The number of sulfonamides is 1. The molecule has 1 aliphatic carbocycles. The van der Waals surface area contributed by atoms with Crippen LogP contribution in [0.2, 0.25) is 0 Å². The number of carbonyl (C=O) groups excluding carboxylic acids is 1. The third kappa shape index (κ3) is 4.33. The highest BCUT2D eigenvalue weighted by Gasteiger charge is 2.31. The lowest BCUT2D eigenvalue weighted by Gasteiger charge is -2.14. The van der Waals surface area contributed by atoms with Gasteiger partial charge in [0.1, 0.15) is 5.82 Å². The van der Waals surface area contributed by atoms with E-state index in [1.165, 1.54) is 0 Å². The molecule has 0 spiro atoms. The Morgan fingerprint density at radius 3 is 2.21 bits per heavy atom. The smallest absolute Gasteiger partial charge is 0.258 e. The first-order valence-electron chi connectivity index (χ1n) is 8.36. The van der Waals surface area contributed by atoms with E-state index in [0.717, 1.165) is 31.0 Å². The Morgan fingerprint density at radius 2 is 1.64 bits per heavy atom. The van der Waals surface area contributed by atoms with Crippen molar-refractivity contribution < 1.29 is 30.8 Å². The van der Waals surface area contributed by atoms with Crippen LogP contribution >= 0.6 is 0 Å². The second-order valence-corrected chi connectivity index (χ2v) is 8.31. The van der Waals surface area contributed by atoms with Gasteiger partial charge in [-0.1, -0.05) is 0 Å². The number of nitrogens with one attached hydrogen (secondary N) is 2. The summed E-state index contributed by atoms with van der Waals surface area (Å²) >= 11 is 0. The minimum Gasteiger partial charge on any atom is -0.322 e. The molecule has 0 bridgehead atoms. The van der Waals surface area contributed by atoms with Crippen molar-refractivity contribution in [1.29, 1.82) is 0 Å². The first-order valence-corrected chi connectivity index (χ1v) is 9.84. The highest BCUT2D eigenvalue weighted by molar-refractivity contribution is 7.89.